The summed E-state index contributed by atoms with van der Waals surface area (Å²) >= 11 is 6.11. The molecule has 0 N–H and O–H groups in total. The zero-order chi connectivity index (χ0) is 16.2. The Morgan fingerprint density at radius 2 is 1.48 bits per heavy atom. The number of carbonyl (C=O) groups is 1. The van der Waals surface area contributed by atoms with Crippen LogP contribution in [0.5, 0.6) is 0 Å². The zero-order valence-electron chi connectivity index (χ0n) is 12.7. The molecular formula is C20H16ClNO. The minimum Gasteiger partial charge on any atom is -0.277 e. The molecule has 0 bridgehead atoms. The van der Waals surface area contributed by atoms with Crippen LogP contribution < -0.4 is 4.90 Å². The summed E-state index contributed by atoms with van der Waals surface area (Å²) in [5.41, 5.74) is 3.31. The van der Waals surface area contributed by atoms with Gasteiger partial charge in [-0.3, -0.25) is 9.69 Å². The number of para-hydroxylation sites is 1. The Bertz CT molecular complexity index is 813. The van der Waals surface area contributed by atoms with Gasteiger partial charge < -0.3 is 0 Å². The fourth-order valence-electron chi connectivity index (χ4n) is 2.40. The Labute approximate surface area is 141 Å². The summed E-state index contributed by atoms with van der Waals surface area (Å²) in [6.07, 6.45) is 0. The van der Waals surface area contributed by atoms with Crippen LogP contribution in [0, 0.1) is 6.92 Å². The molecule has 0 aliphatic carbocycles. The lowest BCUT2D eigenvalue weighted by Gasteiger charge is -2.23. The monoisotopic (exact) mass is 321 g/mol. The molecule has 0 radical (unpaired) electrons. The van der Waals surface area contributed by atoms with Crippen molar-refractivity contribution in [2.45, 2.75) is 6.92 Å². The van der Waals surface area contributed by atoms with Crippen LogP contribution in [-0.4, -0.2) is 5.91 Å². The van der Waals surface area contributed by atoms with Gasteiger partial charge in [-0.1, -0.05) is 53.6 Å². The number of aryl methyl sites for hydroxylation is 1. The van der Waals surface area contributed by atoms with Gasteiger partial charge in [0.2, 0.25) is 0 Å². The third-order valence-corrected chi connectivity index (χ3v) is 3.82. The van der Waals surface area contributed by atoms with Crippen molar-refractivity contribution in [1.29, 1.82) is 0 Å². The number of nitrogens with zero attached hydrogens (tertiary/aromatic N) is 1. The van der Waals surface area contributed by atoms with Gasteiger partial charge in [0.05, 0.1) is 5.69 Å². The minimum absolute atomic E-state index is 0.0848. The van der Waals surface area contributed by atoms with Crippen molar-refractivity contribution in [3.05, 3.63) is 95.0 Å². The van der Waals surface area contributed by atoms with E-state index in [9.17, 15) is 4.79 Å². The van der Waals surface area contributed by atoms with Crippen molar-refractivity contribution < 1.29 is 4.79 Å². The van der Waals surface area contributed by atoms with Gasteiger partial charge in [-0.2, -0.15) is 0 Å². The lowest BCUT2D eigenvalue weighted by molar-refractivity contribution is 0.0999. The number of hydrogen-bond acceptors (Lipinski definition) is 1. The predicted octanol–water partition coefficient (Wildman–Crippen LogP) is 5.63. The fourth-order valence-corrected chi connectivity index (χ4v) is 2.59. The van der Waals surface area contributed by atoms with Crippen LogP contribution in [0.15, 0.2) is 78.9 Å². The molecule has 1 amide bonds. The molecular weight excluding hydrogens is 306 g/mol. The van der Waals surface area contributed by atoms with Crippen molar-refractivity contribution in [3.63, 3.8) is 0 Å². The van der Waals surface area contributed by atoms with Gasteiger partial charge in [-0.15, -0.1) is 0 Å². The van der Waals surface area contributed by atoms with E-state index in [1.54, 1.807) is 17.0 Å². The number of anilines is 2. The van der Waals surface area contributed by atoms with E-state index < -0.39 is 0 Å². The van der Waals surface area contributed by atoms with E-state index in [0.717, 1.165) is 16.9 Å². The maximum absolute atomic E-state index is 13.1. The number of halogens is 1. The molecule has 23 heavy (non-hydrogen) atoms. The van der Waals surface area contributed by atoms with Gasteiger partial charge >= 0.3 is 0 Å². The summed E-state index contributed by atoms with van der Waals surface area (Å²) in [5.74, 6) is -0.0848. The molecule has 0 heterocycles. The van der Waals surface area contributed by atoms with E-state index in [1.807, 2.05) is 73.7 Å². The molecule has 0 spiro atoms. The highest BCUT2D eigenvalue weighted by Crippen LogP contribution is 2.29. The highest BCUT2D eigenvalue weighted by atomic mass is 35.5. The second-order valence-corrected chi connectivity index (χ2v) is 5.76. The van der Waals surface area contributed by atoms with E-state index in [0.29, 0.717) is 10.6 Å². The molecule has 0 aliphatic heterocycles. The summed E-state index contributed by atoms with van der Waals surface area (Å²) in [6.45, 7) is 2.00. The summed E-state index contributed by atoms with van der Waals surface area (Å²) in [5, 5.41) is 0.597. The first-order chi connectivity index (χ1) is 11.1. The van der Waals surface area contributed by atoms with Gasteiger partial charge in [-0.05, 0) is 49.4 Å². The molecule has 0 aliphatic rings. The highest BCUT2D eigenvalue weighted by Gasteiger charge is 2.19. The van der Waals surface area contributed by atoms with Crippen molar-refractivity contribution in [3.8, 4) is 0 Å². The third-order valence-electron chi connectivity index (χ3n) is 3.58. The molecule has 2 nitrogen and oxygen atoms in total. The van der Waals surface area contributed by atoms with Crippen molar-refractivity contribution in [2.75, 3.05) is 4.90 Å². The lowest BCUT2D eigenvalue weighted by atomic mass is 10.1. The summed E-state index contributed by atoms with van der Waals surface area (Å²) < 4.78 is 0. The first kappa shape index (κ1) is 15.3. The summed E-state index contributed by atoms with van der Waals surface area (Å²) in [7, 11) is 0. The summed E-state index contributed by atoms with van der Waals surface area (Å²) in [6, 6.07) is 24.5. The van der Waals surface area contributed by atoms with Gasteiger partial charge in [0.1, 0.15) is 0 Å². The minimum atomic E-state index is -0.0848. The number of amides is 1. The first-order valence-corrected chi connectivity index (χ1v) is 7.75. The Hall–Kier alpha value is -2.58. The standard InChI is InChI=1S/C20H16ClNO/c1-15-10-12-16(13-11-15)20(23)22(18-7-3-2-4-8-18)19-9-5-6-17(21)14-19/h2-14H,1H3. The molecule has 0 atom stereocenters. The average Bonchev–Trinajstić information content (AvgIpc) is 2.57. The molecule has 114 valence electrons. The maximum Gasteiger partial charge on any atom is 0.262 e. The molecule has 0 saturated heterocycles. The van der Waals surface area contributed by atoms with E-state index in [-0.39, 0.29) is 5.91 Å². The second kappa shape index (κ2) is 6.67. The van der Waals surface area contributed by atoms with Gasteiger partial charge in [-0.25, -0.2) is 0 Å². The average molecular weight is 322 g/mol. The Morgan fingerprint density at radius 1 is 0.826 bits per heavy atom. The second-order valence-electron chi connectivity index (χ2n) is 5.32. The number of carbonyl (C=O) groups excluding carboxylic acids is 1. The maximum atomic E-state index is 13.1. The van der Waals surface area contributed by atoms with Gasteiger partial charge in [0.15, 0.2) is 0 Å². The Kier molecular flexibility index (Phi) is 4.45. The van der Waals surface area contributed by atoms with Crippen LogP contribution in [0.3, 0.4) is 0 Å². The van der Waals surface area contributed by atoms with Crippen molar-refractivity contribution in [1.82, 2.24) is 0 Å². The van der Waals surface area contributed by atoms with Gasteiger partial charge in [0, 0.05) is 16.3 Å². The highest BCUT2D eigenvalue weighted by molar-refractivity contribution is 6.31. The van der Waals surface area contributed by atoms with Crippen molar-refractivity contribution >= 4 is 28.9 Å². The van der Waals surface area contributed by atoms with Crippen LogP contribution in [0.1, 0.15) is 15.9 Å². The molecule has 0 unspecified atom stereocenters. The zero-order valence-corrected chi connectivity index (χ0v) is 13.5. The first-order valence-electron chi connectivity index (χ1n) is 7.37. The topological polar surface area (TPSA) is 20.3 Å². The number of benzene rings is 3. The smallest absolute Gasteiger partial charge is 0.262 e. The molecule has 0 fully saturated rings. The summed E-state index contributed by atoms with van der Waals surface area (Å²) in [4.78, 5) is 14.7. The normalized spacial score (nSPS) is 10.3. The van der Waals surface area contributed by atoms with Gasteiger partial charge in [0.25, 0.3) is 5.91 Å². The molecule has 0 saturated carbocycles. The Balaban J connectivity index is 2.08. The van der Waals surface area contributed by atoms with Crippen LogP contribution >= 0.6 is 11.6 Å². The van der Waals surface area contributed by atoms with Crippen molar-refractivity contribution in [2.24, 2.45) is 0 Å². The molecule has 3 aromatic rings. The molecule has 0 aromatic heterocycles. The fraction of sp³-hybridized carbons (Fsp3) is 0.0500. The molecule has 3 heteroatoms. The van der Waals surface area contributed by atoms with E-state index >= 15 is 0 Å². The largest absolute Gasteiger partial charge is 0.277 e. The molecule has 3 rings (SSSR count). The van der Waals surface area contributed by atoms with Crippen LogP contribution in [-0.2, 0) is 0 Å². The SMILES string of the molecule is Cc1ccc(C(=O)N(c2ccccc2)c2cccc(Cl)c2)cc1. The Morgan fingerprint density at radius 3 is 2.13 bits per heavy atom. The van der Waals surface area contributed by atoms with Crippen LogP contribution in [0.2, 0.25) is 5.02 Å². The number of hydrogen-bond donors (Lipinski definition) is 0. The van der Waals surface area contributed by atoms with Crippen LogP contribution in [0.25, 0.3) is 0 Å². The lowest BCUT2D eigenvalue weighted by Crippen LogP contribution is -2.25. The third kappa shape index (κ3) is 3.43. The molecule has 3 aromatic carbocycles. The van der Waals surface area contributed by atoms with E-state index in [1.165, 1.54) is 0 Å². The predicted molar refractivity (Wildman–Crippen MR) is 95.5 cm³/mol. The van der Waals surface area contributed by atoms with E-state index in [4.69, 9.17) is 11.6 Å². The van der Waals surface area contributed by atoms with Crippen LogP contribution in [0.4, 0.5) is 11.4 Å². The van der Waals surface area contributed by atoms with E-state index in [2.05, 4.69) is 0 Å². The quantitative estimate of drug-likeness (QED) is 0.612. The number of rotatable bonds is 3.